The molecule has 0 amide bonds. The zero-order valence-corrected chi connectivity index (χ0v) is 20.7. The summed E-state index contributed by atoms with van der Waals surface area (Å²) in [4.78, 5) is 22.6. The molecule has 3 aromatic heterocycles. The van der Waals surface area contributed by atoms with Crippen molar-refractivity contribution in [3.63, 3.8) is 0 Å². The summed E-state index contributed by atoms with van der Waals surface area (Å²) in [7, 11) is 0. The number of morpholine rings is 1. The Bertz CT molecular complexity index is 1370. The van der Waals surface area contributed by atoms with Crippen LogP contribution in [0.2, 0.25) is 5.02 Å². The molecule has 0 saturated carbocycles. The maximum Gasteiger partial charge on any atom is 0.270 e. The number of nitrogens with zero attached hydrogens (tertiary/aromatic N) is 8. The van der Waals surface area contributed by atoms with Gasteiger partial charge < -0.3 is 15.0 Å². The van der Waals surface area contributed by atoms with E-state index in [9.17, 15) is 4.39 Å². The van der Waals surface area contributed by atoms with Gasteiger partial charge in [-0.15, -0.1) is 5.11 Å². The van der Waals surface area contributed by atoms with E-state index in [1.807, 2.05) is 42.2 Å². The van der Waals surface area contributed by atoms with Gasteiger partial charge in [0.15, 0.2) is 11.6 Å². The number of halogens is 2. The highest BCUT2D eigenvalue weighted by molar-refractivity contribution is 6.33. The molecule has 4 heterocycles. The number of aryl methyl sites for hydroxylation is 1. The van der Waals surface area contributed by atoms with E-state index < -0.39 is 5.82 Å². The Hall–Kier alpha value is -4.09. The monoisotopic (exact) mass is 519 g/mol. The van der Waals surface area contributed by atoms with Crippen LogP contribution in [0.15, 0.2) is 65.5 Å². The topological polar surface area (TPSA) is 114 Å². The molecule has 1 saturated heterocycles. The molecule has 1 N–H and O–H groups in total. The van der Waals surface area contributed by atoms with E-state index in [0.717, 1.165) is 34.4 Å². The number of hydrogen-bond donors (Lipinski definition) is 1. The minimum absolute atomic E-state index is 0.0961. The number of nitrogens with one attached hydrogen (secondary N) is 1. The Morgan fingerprint density at radius 3 is 2.68 bits per heavy atom. The predicted molar refractivity (Wildman–Crippen MR) is 138 cm³/mol. The summed E-state index contributed by atoms with van der Waals surface area (Å²) in [5, 5.41) is 12.1. The van der Waals surface area contributed by atoms with Gasteiger partial charge in [0.25, 0.3) is 5.95 Å². The lowest BCUT2D eigenvalue weighted by Gasteiger charge is -2.27. The number of azo groups is 1. The van der Waals surface area contributed by atoms with Crippen molar-refractivity contribution in [2.45, 2.75) is 13.5 Å². The van der Waals surface area contributed by atoms with Crippen molar-refractivity contribution < 1.29 is 9.13 Å². The second-order valence-electron chi connectivity index (χ2n) is 8.25. The molecule has 1 aromatic carbocycles. The maximum absolute atomic E-state index is 14.2. The molecule has 12 heteroatoms. The second kappa shape index (κ2) is 11.3. The molecule has 1 aliphatic heterocycles. The summed E-state index contributed by atoms with van der Waals surface area (Å²) < 4.78 is 19.5. The van der Waals surface area contributed by atoms with E-state index in [1.165, 1.54) is 6.33 Å². The molecule has 37 heavy (non-hydrogen) atoms. The smallest absolute Gasteiger partial charge is 0.270 e. The number of benzene rings is 1. The third kappa shape index (κ3) is 6.01. The summed E-state index contributed by atoms with van der Waals surface area (Å²) in [6.07, 6.45) is 6.00. The molecular weight excluding hydrogens is 497 g/mol. The van der Waals surface area contributed by atoms with E-state index in [0.29, 0.717) is 37.0 Å². The first-order valence-electron chi connectivity index (χ1n) is 11.6. The van der Waals surface area contributed by atoms with Gasteiger partial charge in [0.1, 0.15) is 12.9 Å². The number of ether oxygens (including phenoxy) is 1. The van der Waals surface area contributed by atoms with Crippen LogP contribution in [0.4, 0.5) is 27.5 Å². The molecule has 4 aromatic rings. The average molecular weight is 520 g/mol. The third-order valence-corrected chi connectivity index (χ3v) is 5.95. The molecule has 188 valence electrons. The summed E-state index contributed by atoms with van der Waals surface area (Å²) in [6, 6.07) is 9.41. The molecule has 0 spiro atoms. The fourth-order valence-electron chi connectivity index (χ4n) is 3.90. The van der Waals surface area contributed by atoms with Gasteiger partial charge in [-0.05, 0) is 42.8 Å². The second-order valence-corrected chi connectivity index (χ2v) is 8.66. The van der Waals surface area contributed by atoms with Crippen LogP contribution in [-0.4, -0.2) is 51.2 Å². The van der Waals surface area contributed by atoms with Gasteiger partial charge in [-0.25, -0.2) is 19.3 Å². The zero-order valence-electron chi connectivity index (χ0n) is 20.0. The minimum Gasteiger partial charge on any atom is -0.378 e. The number of hydrogen-bond acceptors (Lipinski definition) is 10. The molecule has 0 radical (unpaired) electrons. The zero-order chi connectivity index (χ0) is 25.6. The summed E-state index contributed by atoms with van der Waals surface area (Å²) in [5.41, 5.74) is 4.96. The largest absolute Gasteiger partial charge is 0.378 e. The highest BCUT2D eigenvalue weighted by Gasteiger charge is 2.18. The Morgan fingerprint density at radius 1 is 1.08 bits per heavy atom. The third-order valence-electron chi connectivity index (χ3n) is 5.66. The van der Waals surface area contributed by atoms with Crippen LogP contribution in [0, 0.1) is 12.7 Å². The van der Waals surface area contributed by atoms with Crippen molar-refractivity contribution in [3.8, 4) is 11.3 Å². The van der Waals surface area contributed by atoms with Crippen LogP contribution in [-0.2, 0) is 11.3 Å². The summed E-state index contributed by atoms with van der Waals surface area (Å²) in [6.45, 7) is 4.39. The van der Waals surface area contributed by atoms with Gasteiger partial charge in [-0.1, -0.05) is 11.6 Å². The Labute approximate surface area is 217 Å². The van der Waals surface area contributed by atoms with Crippen LogP contribution in [0.25, 0.3) is 11.3 Å². The molecule has 0 unspecified atom stereocenters. The quantitative estimate of drug-likeness (QED) is 0.327. The predicted octanol–water partition coefficient (Wildman–Crippen LogP) is 5.29. The van der Waals surface area contributed by atoms with E-state index in [2.05, 4.69) is 40.5 Å². The maximum atomic E-state index is 14.2. The van der Waals surface area contributed by atoms with Gasteiger partial charge in [0.2, 0.25) is 0 Å². The van der Waals surface area contributed by atoms with E-state index in [4.69, 9.17) is 16.3 Å². The standard InChI is InChI=1S/C25H23ClFN9O/c1-16-10-19(11-20(26)23(16)22-4-5-28-15-31-22)33-18-3-2-17(29-12-18)13-32-35-25-30-14-21(27)24(34-25)36-6-8-37-9-7-36/h2-5,10-12,14-15,33H,6-9,13H2,1H3. The van der Waals surface area contributed by atoms with Crippen LogP contribution in [0.3, 0.4) is 0 Å². The van der Waals surface area contributed by atoms with Crippen LogP contribution >= 0.6 is 11.6 Å². The van der Waals surface area contributed by atoms with Gasteiger partial charge in [-0.3, -0.25) is 4.98 Å². The van der Waals surface area contributed by atoms with Crippen LogP contribution < -0.4 is 10.2 Å². The Balaban J connectivity index is 1.22. The van der Waals surface area contributed by atoms with Gasteiger partial charge in [0, 0.05) is 30.5 Å². The highest BCUT2D eigenvalue weighted by Crippen LogP contribution is 2.33. The van der Waals surface area contributed by atoms with E-state index >= 15 is 0 Å². The van der Waals surface area contributed by atoms with Crippen molar-refractivity contribution >= 4 is 34.7 Å². The Kier molecular flexibility index (Phi) is 7.52. The van der Waals surface area contributed by atoms with Crippen molar-refractivity contribution in [2.24, 2.45) is 10.2 Å². The van der Waals surface area contributed by atoms with Crippen molar-refractivity contribution in [1.82, 2.24) is 24.9 Å². The molecule has 10 nitrogen and oxygen atoms in total. The molecule has 1 fully saturated rings. The number of anilines is 3. The van der Waals surface area contributed by atoms with Gasteiger partial charge >= 0.3 is 0 Å². The lowest BCUT2D eigenvalue weighted by molar-refractivity contribution is 0.122. The van der Waals surface area contributed by atoms with Crippen molar-refractivity contribution in [1.29, 1.82) is 0 Å². The molecule has 0 bridgehead atoms. The normalized spacial score (nSPS) is 13.8. The molecule has 0 atom stereocenters. The average Bonchev–Trinajstić information content (AvgIpc) is 2.91. The first kappa shape index (κ1) is 24.6. The van der Waals surface area contributed by atoms with E-state index in [-0.39, 0.29) is 18.3 Å². The highest BCUT2D eigenvalue weighted by atomic mass is 35.5. The first-order valence-corrected chi connectivity index (χ1v) is 12.0. The molecule has 5 rings (SSSR count). The van der Waals surface area contributed by atoms with Crippen molar-refractivity contribution in [3.05, 3.63) is 77.3 Å². The first-order chi connectivity index (χ1) is 18.1. The SMILES string of the molecule is Cc1cc(Nc2ccc(CN=Nc3ncc(F)c(N4CCOCC4)n3)nc2)cc(Cl)c1-c1ccncn1. The van der Waals surface area contributed by atoms with Gasteiger partial charge in [-0.2, -0.15) is 10.1 Å². The molecule has 0 aliphatic carbocycles. The molecular formula is C25H23ClFN9O. The van der Waals surface area contributed by atoms with E-state index in [1.54, 1.807) is 12.4 Å². The molecule has 1 aliphatic rings. The van der Waals surface area contributed by atoms with Crippen LogP contribution in [0.5, 0.6) is 0 Å². The lowest BCUT2D eigenvalue weighted by atomic mass is 10.0. The fourth-order valence-corrected chi connectivity index (χ4v) is 4.27. The summed E-state index contributed by atoms with van der Waals surface area (Å²) in [5.74, 6) is -0.189. The fraction of sp³-hybridized carbons (Fsp3) is 0.240. The van der Waals surface area contributed by atoms with Gasteiger partial charge in [0.05, 0.1) is 47.7 Å². The van der Waals surface area contributed by atoms with Crippen LogP contribution in [0.1, 0.15) is 11.3 Å². The Morgan fingerprint density at radius 2 is 1.95 bits per heavy atom. The summed E-state index contributed by atoms with van der Waals surface area (Å²) >= 11 is 6.55. The lowest BCUT2D eigenvalue weighted by Crippen LogP contribution is -2.37. The van der Waals surface area contributed by atoms with Crippen molar-refractivity contribution in [2.75, 3.05) is 36.5 Å². The number of aromatic nitrogens is 5. The minimum atomic E-state index is -0.495. The number of rotatable bonds is 7. The number of pyridine rings is 1.